The minimum atomic E-state index is -4.60. The highest BCUT2D eigenvalue weighted by Crippen LogP contribution is 2.28. The zero-order valence-corrected chi connectivity index (χ0v) is 15.8. The highest BCUT2D eigenvalue weighted by Gasteiger charge is 2.34. The monoisotopic (exact) mass is 449 g/mol. The van der Waals surface area contributed by atoms with Crippen molar-refractivity contribution in [3.05, 3.63) is 64.7 Å². The zero-order valence-electron chi connectivity index (χ0n) is 15.8. The smallest absolute Gasteiger partial charge is 0.323 e. The number of carbonyl (C=O) groups excluding carboxylic acids is 1. The standard InChI is InChI=1S/C18H14F7N5O/c1-9-4-14(18(23,24)25)28-30(9)3-2-15(31)27-10-6-26-29(7-10)8-11-12(19)5-13(20)17(22)16(11)21/h4-7H,2-3,8H2,1H3,(H,27,31). The van der Waals surface area contributed by atoms with Crippen molar-refractivity contribution < 1.29 is 35.5 Å². The molecule has 0 aliphatic heterocycles. The molecule has 13 heteroatoms. The number of benzene rings is 1. The largest absolute Gasteiger partial charge is 0.435 e. The Morgan fingerprint density at radius 2 is 1.81 bits per heavy atom. The molecule has 31 heavy (non-hydrogen) atoms. The number of hydrogen-bond acceptors (Lipinski definition) is 3. The summed E-state index contributed by atoms with van der Waals surface area (Å²) in [5, 5.41) is 9.60. The third kappa shape index (κ3) is 5.03. The third-order valence-corrected chi connectivity index (χ3v) is 4.27. The van der Waals surface area contributed by atoms with E-state index in [1.54, 1.807) is 0 Å². The van der Waals surface area contributed by atoms with E-state index in [0.717, 1.165) is 21.6 Å². The summed E-state index contributed by atoms with van der Waals surface area (Å²) in [5.41, 5.74) is -1.47. The molecule has 3 rings (SSSR count). The number of amides is 1. The highest BCUT2D eigenvalue weighted by atomic mass is 19.4. The number of aryl methyl sites for hydroxylation is 2. The van der Waals surface area contributed by atoms with Crippen LogP contribution in [0.5, 0.6) is 0 Å². The molecule has 0 spiro atoms. The molecule has 3 aromatic rings. The lowest BCUT2D eigenvalue weighted by molar-refractivity contribution is -0.141. The quantitative estimate of drug-likeness (QED) is 0.351. The fourth-order valence-corrected chi connectivity index (χ4v) is 2.73. The highest BCUT2D eigenvalue weighted by molar-refractivity contribution is 5.90. The molecule has 166 valence electrons. The number of carbonyl (C=O) groups is 1. The van der Waals surface area contributed by atoms with Gasteiger partial charge in [0.1, 0.15) is 5.82 Å². The average molecular weight is 449 g/mol. The number of anilines is 1. The van der Waals surface area contributed by atoms with Crippen LogP contribution in [0.4, 0.5) is 36.4 Å². The molecule has 0 atom stereocenters. The molecule has 6 nitrogen and oxygen atoms in total. The van der Waals surface area contributed by atoms with Gasteiger partial charge in [0.2, 0.25) is 5.91 Å². The van der Waals surface area contributed by atoms with E-state index in [9.17, 15) is 35.5 Å². The molecule has 0 bridgehead atoms. The lowest BCUT2D eigenvalue weighted by Crippen LogP contribution is -2.16. The minimum absolute atomic E-state index is 0.118. The Labute approximate surface area is 170 Å². The number of aromatic nitrogens is 4. The summed E-state index contributed by atoms with van der Waals surface area (Å²) in [6, 6.07) is 1.07. The molecule has 0 fully saturated rings. The summed E-state index contributed by atoms with van der Waals surface area (Å²) >= 11 is 0. The van der Waals surface area contributed by atoms with Crippen molar-refractivity contribution in [1.29, 1.82) is 0 Å². The maximum absolute atomic E-state index is 13.8. The Morgan fingerprint density at radius 1 is 1.10 bits per heavy atom. The first-order chi connectivity index (χ1) is 14.5. The molecule has 0 aliphatic rings. The lowest BCUT2D eigenvalue weighted by Gasteiger charge is -2.07. The fraction of sp³-hybridized carbons (Fsp3) is 0.278. The second-order valence-electron chi connectivity index (χ2n) is 6.56. The van der Waals surface area contributed by atoms with Gasteiger partial charge in [-0.15, -0.1) is 0 Å². The van der Waals surface area contributed by atoms with Gasteiger partial charge in [-0.1, -0.05) is 0 Å². The number of nitrogens with zero attached hydrogens (tertiary/aromatic N) is 4. The Bertz CT molecular complexity index is 1120. The van der Waals surface area contributed by atoms with E-state index >= 15 is 0 Å². The van der Waals surface area contributed by atoms with Crippen LogP contribution < -0.4 is 5.32 Å². The van der Waals surface area contributed by atoms with Crippen LogP contribution in [0.25, 0.3) is 0 Å². The number of nitrogens with one attached hydrogen (secondary N) is 1. The molecule has 0 saturated heterocycles. The van der Waals surface area contributed by atoms with E-state index in [2.05, 4.69) is 15.5 Å². The first-order valence-corrected chi connectivity index (χ1v) is 8.71. The second-order valence-corrected chi connectivity index (χ2v) is 6.56. The Morgan fingerprint density at radius 3 is 2.45 bits per heavy atom. The van der Waals surface area contributed by atoms with Crippen LogP contribution in [0.1, 0.15) is 23.4 Å². The predicted molar refractivity (Wildman–Crippen MR) is 92.8 cm³/mol. The van der Waals surface area contributed by atoms with E-state index in [0.29, 0.717) is 0 Å². The van der Waals surface area contributed by atoms with E-state index < -0.39 is 53.2 Å². The first kappa shape index (κ1) is 22.3. The van der Waals surface area contributed by atoms with Crippen LogP contribution in [-0.4, -0.2) is 25.5 Å². The van der Waals surface area contributed by atoms with E-state index in [1.807, 2.05) is 0 Å². The van der Waals surface area contributed by atoms with Crippen molar-refractivity contribution in [1.82, 2.24) is 19.6 Å². The van der Waals surface area contributed by atoms with Crippen molar-refractivity contribution in [3.8, 4) is 0 Å². The number of rotatable bonds is 6. The Kier molecular flexibility index (Phi) is 6.04. The third-order valence-electron chi connectivity index (χ3n) is 4.27. The molecule has 1 aromatic carbocycles. The maximum atomic E-state index is 13.8. The summed E-state index contributed by atoms with van der Waals surface area (Å²) in [6.45, 7) is 0.728. The summed E-state index contributed by atoms with van der Waals surface area (Å²) < 4.78 is 93.8. The summed E-state index contributed by atoms with van der Waals surface area (Å²) in [6.07, 6.45) is -2.47. The van der Waals surface area contributed by atoms with Crippen molar-refractivity contribution in [2.45, 2.75) is 32.6 Å². The molecule has 0 unspecified atom stereocenters. The molecule has 1 amide bonds. The van der Waals surface area contributed by atoms with Crippen LogP contribution in [0.15, 0.2) is 24.5 Å². The van der Waals surface area contributed by atoms with Gasteiger partial charge in [-0.3, -0.25) is 14.2 Å². The van der Waals surface area contributed by atoms with Gasteiger partial charge in [0.05, 0.1) is 18.4 Å². The van der Waals surface area contributed by atoms with Crippen molar-refractivity contribution in [3.63, 3.8) is 0 Å². The molecule has 2 aromatic heterocycles. The van der Waals surface area contributed by atoms with Gasteiger partial charge < -0.3 is 5.32 Å². The van der Waals surface area contributed by atoms with Crippen molar-refractivity contribution in [2.75, 3.05) is 5.32 Å². The van der Waals surface area contributed by atoms with E-state index in [4.69, 9.17) is 0 Å². The molecule has 0 radical (unpaired) electrons. The van der Waals surface area contributed by atoms with Gasteiger partial charge >= 0.3 is 6.18 Å². The molecule has 1 N–H and O–H groups in total. The average Bonchev–Trinajstić information content (AvgIpc) is 3.28. The summed E-state index contributed by atoms with van der Waals surface area (Å²) in [7, 11) is 0. The lowest BCUT2D eigenvalue weighted by atomic mass is 10.2. The Hall–Kier alpha value is -3.38. The number of alkyl halides is 3. The van der Waals surface area contributed by atoms with Gasteiger partial charge in [0.25, 0.3) is 0 Å². The normalized spacial score (nSPS) is 11.7. The van der Waals surface area contributed by atoms with Crippen molar-refractivity contribution >= 4 is 11.6 Å². The molecular weight excluding hydrogens is 435 g/mol. The van der Waals surface area contributed by atoms with Crippen LogP contribution in [0, 0.1) is 30.2 Å². The fourth-order valence-electron chi connectivity index (χ4n) is 2.73. The van der Waals surface area contributed by atoms with Crippen LogP contribution in [0.3, 0.4) is 0 Å². The maximum Gasteiger partial charge on any atom is 0.435 e. The SMILES string of the molecule is Cc1cc(C(F)(F)F)nn1CCC(=O)Nc1cnn(Cc2c(F)cc(F)c(F)c2F)c1. The topological polar surface area (TPSA) is 64.7 Å². The summed E-state index contributed by atoms with van der Waals surface area (Å²) in [5.74, 6) is -7.05. The Balaban J connectivity index is 1.61. The molecule has 0 saturated carbocycles. The molecular formula is C18H14F7N5O. The van der Waals surface area contributed by atoms with Gasteiger partial charge in [-0.05, 0) is 13.0 Å². The van der Waals surface area contributed by atoms with Crippen LogP contribution in [-0.2, 0) is 24.1 Å². The van der Waals surface area contributed by atoms with Gasteiger partial charge in [-0.2, -0.15) is 23.4 Å². The van der Waals surface area contributed by atoms with Gasteiger partial charge in [0, 0.05) is 36.5 Å². The van der Waals surface area contributed by atoms with Gasteiger partial charge in [-0.25, -0.2) is 17.6 Å². The summed E-state index contributed by atoms with van der Waals surface area (Å²) in [4.78, 5) is 12.0. The molecule has 2 heterocycles. The minimum Gasteiger partial charge on any atom is -0.323 e. The molecule has 0 aliphatic carbocycles. The van der Waals surface area contributed by atoms with Gasteiger partial charge in [0.15, 0.2) is 23.1 Å². The second kappa shape index (κ2) is 8.40. The van der Waals surface area contributed by atoms with Crippen LogP contribution in [0.2, 0.25) is 0 Å². The van der Waals surface area contributed by atoms with Crippen molar-refractivity contribution in [2.24, 2.45) is 0 Å². The van der Waals surface area contributed by atoms with E-state index in [-0.39, 0.29) is 30.4 Å². The zero-order chi connectivity index (χ0) is 22.9. The first-order valence-electron chi connectivity index (χ1n) is 8.71. The van der Waals surface area contributed by atoms with Crippen LogP contribution >= 0.6 is 0 Å². The number of halogens is 7. The van der Waals surface area contributed by atoms with E-state index in [1.165, 1.54) is 13.1 Å². The number of hydrogen-bond donors (Lipinski definition) is 1. The predicted octanol–water partition coefficient (Wildman–Crippen LogP) is 4.04.